The summed E-state index contributed by atoms with van der Waals surface area (Å²) in [7, 11) is 0. The van der Waals surface area contributed by atoms with E-state index < -0.39 is 5.97 Å². The van der Waals surface area contributed by atoms with Gasteiger partial charge >= 0.3 is 29.6 Å². The van der Waals surface area contributed by atoms with Gasteiger partial charge in [-0.25, -0.2) is 0 Å². The van der Waals surface area contributed by atoms with E-state index in [1.165, 1.54) is 5.56 Å². The van der Waals surface area contributed by atoms with E-state index in [1.54, 1.807) is 0 Å². The van der Waals surface area contributed by atoms with Crippen LogP contribution in [0.25, 0.3) is 0 Å². The molecule has 0 spiro atoms. The van der Waals surface area contributed by atoms with Crippen LogP contribution in [0.15, 0.2) is 30.3 Å². The molecule has 0 fully saturated rings. The standard InChI is InChI=1S/C14H20O2.Na/c1-2-7-13(14(15)16)11-6-10-12-8-4-3-5-9-12;/h3-5,8-9,13H,2,6-7,10-11H2,1H3,(H,15,16);/q;+1/p-1. The maximum Gasteiger partial charge on any atom is 1.00 e. The van der Waals surface area contributed by atoms with Crippen LogP contribution in [-0.4, -0.2) is 5.97 Å². The van der Waals surface area contributed by atoms with E-state index in [9.17, 15) is 9.90 Å². The Bertz CT molecular complexity index is 311. The van der Waals surface area contributed by atoms with Crippen LogP contribution < -0.4 is 34.7 Å². The van der Waals surface area contributed by atoms with Crippen molar-refractivity contribution in [1.82, 2.24) is 0 Å². The second-order valence-corrected chi connectivity index (χ2v) is 4.18. The number of hydrogen-bond donors (Lipinski definition) is 0. The number of aryl methyl sites for hydroxylation is 1. The van der Waals surface area contributed by atoms with Gasteiger partial charge in [0, 0.05) is 5.97 Å². The van der Waals surface area contributed by atoms with Crippen molar-refractivity contribution in [3.05, 3.63) is 35.9 Å². The van der Waals surface area contributed by atoms with Gasteiger partial charge in [-0.2, -0.15) is 0 Å². The van der Waals surface area contributed by atoms with Crippen molar-refractivity contribution in [3.8, 4) is 0 Å². The minimum Gasteiger partial charge on any atom is -0.550 e. The number of aliphatic carboxylic acids is 1. The van der Waals surface area contributed by atoms with E-state index in [2.05, 4.69) is 12.1 Å². The first kappa shape index (κ1) is 16.7. The number of rotatable bonds is 7. The average molecular weight is 242 g/mol. The van der Waals surface area contributed by atoms with Crippen molar-refractivity contribution >= 4 is 5.97 Å². The molecule has 1 aromatic rings. The fraction of sp³-hybridized carbons (Fsp3) is 0.500. The molecular formula is C14H19NaO2. The minimum absolute atomic E-state index is 0. The maximum absolute atomic E-state index is 10.8. The number of carbonyl (C=O) groups is 1. The summed E-state index contributed by atoms with van der Waals surface area (Å²) in [6.45, 7) is 2.01. The van der Waals surface area contributed by atoms with Crippen molar-refractivity contribution in [2.24, 2.45) is 5.92 Å². The van der Waals surface area contributed by atoms with E-state index in [0.717, 1.165) is 32.1 Å². The van der Waals surface area contributed by atoms with E-state index >= 15 is 0 Å². The van der Waals surface area contributed by atoms with Gasteiger partial charge in [-0.3, -0.25) is 0 Å². The molecule has 0 aliphatic heterocycles. The summed E-state index contributed by atoms with van der Waals surface area (Å²) in [5.74, 6) is -1.16. The van der Waals surface area contributed by atoms with E-state index in [-0.39, 0.29) is 35.5 Å². The summed E-state index contributed by atoms with van der Waals surface area (Å²) in [5, 5.41) is 10.8. The predicted molar refractivity (Wildman–Crippen MR) is 62.8 cm³/mol. The zero-order valence-electron chi connectivity index (χ0n) is 10.8. The quantitative estimate of drug-likeness (QED) is 0.586. The smallest absolute Gasteiger partial charge is 0.550 e. The summed E-state index contributed by atoms with van der Waals surface area (Å²) >= 11 is 0. The Labute approximate surface area is 126 Å². The van der Waals surface area contributed by atoms with Gasteiger partial charge in [0.25, 0.3) is 0 Å². The molecule has 0 aliphatic rings. The monoisotopic (exact) mass is 242 g/mol. The second-order valence-electron chi connectivity index (χ2n) is 4.18. The largest absolute Gasteiger partial charge is 1.00 e. The third kappa shape index (κ3) is 6.87. The van der Waals surface area contributed by atoms with Crippen molar-refractivity contribution in [1.29, 1.82) is 0 Å². The molecule has 17 heavy (non-hydrogen) atoms. The van der Waals surface area contributed by atoms with Gasteiger partial charge in [-0.1, -0.05) is 43.7 Å². The molecule has 0 bridgehead atoms. The van der Waals surface area contributed by atoms with Gasteiger partial charge in [0.05, 0.1) is 0 Å². The molecule has 0 amide bonds. The first-order valence-corrected chi connectivity index (χ1v) is 5.98. The van der Waals surface area contributed by atoms with Gasteiger partial charge in [-0.05, 0) is 37.2 Å². The average Bonchev–Trinajstić information content (AvgIpc) is 2.29. The first-order chi connectivity index (χ1) is 7.74. The molecular weight excluding hydrogens is 223 g/mol. The molecule has 0 radical (unpaired) electrons. The molecule has 1 atom stereocenters. The maximum atomic E-state index is 10.8. The summed E-state index contributed by atoms with van der Waals surface area (Å²) in [4.78, 5) is 10.8. The summed E-state index contributed by atoms with van der Waals surface area (Å²) in [6, 6.07) is 10.2. The molecule has 1 rings (SSSR count). The van der Waals surface area contributed by atoms with Crippen LogP contribution in [0.4, 0.5) is 0 Å². The Morgan fingerprint density at radius 2 is 1.88 bits per heavy atom. The van der Waals surface area contributed by atoms with Crippen LogP contribution in [0.5, 0.6) is 0 Å². The number of hydrogen-bond acceptors (Lipinski definition) is 2. The summed E-state index contributed by atoms with van der Waals surface area (Å²) in [6.07, 6.45) is 4.24. The van der Waals surface area contributed by atoms with Crippen molar-refractivity contribution in [2.75, 3.05) is 0 Å². The number of carboxylic acids is 1. The molecule has 1 unspecified atom stereocenters. The second kappa shape index (κ2) is 9.69. The topological polar surface area (TPSA) is 40.1 Å². The van der Waals surface area contributed by atoms with Crippen LogP contribution in [0.2, 0.25) is 0 Å². The normalized spacial score (nSPS) is 11.6. The van der Waals surface area contributed by atoms with E-state index in [1.807, 2.05) is 25.1 Å². The number of benzene rings is 1. The molecule has 1 aromatic carbocycles. The van der Waals surface area contributed by atoms with Gasteiger partial charge in [0.2, 0.25) is 0 Å². The Morgan fingerprint density at radius 1 is 1.24 bits per heavy atom. The predicted octanol–water partition coefficient (Wildman–Crippen LogP) is -0.820. The van der Waals surface area contributed by atoms with Crippen molar-refractivity contribution in [3.63, 3.8) is 0 Å². The molecule has 0 saturated carbocycles. The Hall–Kier alpha value is -0.310. The zero-order valence-corrected chi connectivity index (χ0v) is 12.8. The molecule has 0 heterocycles. The fourth-order valence-electron chi connectivity index (χ4n) is 1.93. The Kier molecular flexibility index (Phi) is 9.52. The van der Waals surface area contributed by atoms with Crippen LogP contribution in [-0.2, 0) is 11.2 Å². The van der Waals surface area contributed by atoms with Gasteiger partial charge in [0.1, 0.15) is 0 Å². The van der Waals surface area contributed by atoms with Crippen molar-refractivity contribution in [2.45, 2.75) is 39.0 Å². The Balaban J connectivity index is 0.00000256. The summed E-state index contributed by atoms with van der Waals surface area (Å²) in [5.41, 5.74) is 1.27. The molecule has 0 aliphatic carbocycles. The third-order valence-electron chi connectivity index (χ3n) is 2.83. The Morgan fingerprint density at radius 3 is 2.41 bits per heavy atom. The van der Waals surface area contributed by atoms with Gasteiger partial charge in [0.15, 0.2) is 0 Å². The van der Waals surface area contributed by atoms with Gasteiger partial charge in [-0.15, -0.1) is 0 Å². The fourth-order valence-corrected chi connectivity index (χ4v) is 1.93. The number of carbonyl (C=O) groups excluding carboxylic acids is 1. The number of carboxylic acid groups (broad SMARTS) is 1. The molecule has 3 heteroatoms. The zero-order chi connectivity index (χ0) is 11.8. The minimum atomic E-state index is -0.894. The van der Waals surface area contributed by atoms with Crippen LogP contribution >= 0.6 is 0 Å². The molecule has 2 nitrogen and oxygen atoms in total. The van der Waals surface area contributed by atoms with E-state index in [4.69, 9.17) is 0 Å². The van der Waals surface area contributed by atoms with Gasteiger partial charge < -0.3 is 9.90 Å². The first-order valence-electron chi connectivity index (χ1n) is 5.98. The van der Waals surface area contributed by atoms with Crippen molar-refractivity contribution < 1.29 is 39.5 Å². The van der Waals surface area contributed by atoms with E-state index in [0.29, 0.717) is 0 Å². The van der Waals surface area contributed by atoms with Crippen LogP contribution in [0, 0.1) is 5.92 Å². The third-order valence-corrected chi connectivity index (χ3v) is 2.83. The van der Waals surface area contributed by atoms with Crippen LogP contribution in [0.1, 0.15) is 38.2 Å². The molecule has 0 N–H and O–H groups in total. The molecule has 0 aromatic heterocycles. The summed E-state index contributed by atoms with van der Waals surface area (Å²) < 4.78 is 0. The molecule has 0 saturated heterocycles. The van der Waals surface area contributed by atoms with Crippen LogP contribution in [0.3, 0.4) is 0 Å². The SMILES string of the molecule is CCCC(CCCc1ccccc1)C(=O)[O-].[Na+]. The molecule has 88 valence electrons.